The molecule has 0 saturated heterocycles. The number of rotatable bonds is 5. The Hall–Kier alpha value is -2.08. The average Bonchev–Trinajstić information content (AvgIpc) is 2.40. The number of carbonyl (C=O) groups is 2. The Labute approximate surface area is 124 Å². The molecule has 0 aromatic heterocycles. The first kappa shape index (κ1) is 15.3. The summed E-state index contributed by atoms with van der Waals surface area (Å²) < 4.78 is 5.46. The van der Waals surface area contributed by atoms with E-state index < -0.39 is 6.10 Å². The number of nitrogens with two attached hydrogens (primary N) is 1. The highest BCUT2D eigenvalue weighted by atomic mass is 16.5. The van der Waals surface area contributed by atoms with Gasteiger partial charge in [0.15, 0.2) is 6.10 Å². The largest absolute Gasteiger partial charge is 0.479 e. The summed E-state index contributed by atoms with van der Waals surface area (Å²) in [5, 5.41) is 5.55. The van der Waals surface area contributed by atoms with E-state index in [9.17, 15) is 9.59 Å². The van der Waals surface area contributed by atoms with Crippen LogP contribution in [0, 0.1) is 0 Å². The lowest BCUT2D eigenvalue weighted by atomic mass is 10.1. The summed E-state index contributed by atoms with van der Waals surface area (Å²) in [4.78, 5) is 23.4. The van der Waals surface area contributed by atoms with Crippen LogP contribution in [0.15, 0.2) is 18.2 Å². The van der Waals surface area contributed by atoms with Crippen molar-refractivity contribution in [2.75, 3.05) is 10.6 Å². The predicted octanol–water partition coefficient (Wildman–Crippen LogP) is 1.86. The van der Waals surface area contributed by atoms with Gasteiger partial charge in [0.2, 0.25) is 5.91 Å². The van der Waals surface area contributed by atoms with E-state index in [2.05, 4.69) is 10.6 Å². The highest BCUT2D eigenvalue weighted by Gasteiger charge is 2.23. The second-order valence-electron chi connectivity index (χ2n) is 5.38. The molecule has 2 rings (SSSR count). The predicted molar refractivity (Wildman–Crippen MR) is 81.3 cm³/mol. The lowest BCUT2D eigenvalue weighted by Crippen LogP contribution is -2.34. The van der Waals surface area contributed by atoms with Crippen molar-refractivity contribution in [1.29, 1.82) is 0 Å². The van der Waals surface area contributed by atoms with Crippen LogP contribution in [0.3, 0.4) is 0 Å². The molecular weight excluding hydrogens is 270 g/mol. The quantitative estimate of drug-likeness (QED) is 0.772. The molecule has 1 aromatic carbocycles. The van der Waals surface area contributed by atoms with Crippen molar-refractivity contribution in [3.05, 3.63) is 18.2 Å². The van der Waals surface area contributed by atoms with Crippen molar-refractivity contribution in [3.8, 4) is 5.75 Å². The first-order chi connectivity index (χ1) is 9.95. The molecule has 114 valence electrons. The molecule has 0 bridgehead atoms. The lowest BCUT2D eigenvalue weighted by Gasteiger charge is -2.23. The van der Waals surface area contributed by atoms with Crippen molar-refractivity contribution >= 4 is 23.2 Å². The highest BCUT2D eigenvalue weighted by molar-refractivity contribution is 5.99. The third-order valence-corrected chi connectivity index (χ3v) is 3.26. The maximum absolute atomic E-state index is 11.8. The summed E-state index contributed by atoms with van der Waals surface area (Å²) in [5.74, 6) is 0.354. The third kappa shape index (κ3) is 4.19. The van der Waals surface area contributed by atoms with Gasteiger partial charge in [-0.15, -0.1) is 0 Å². The molecule has 0 saturated carbocycles. The molecule has 0 fully saturated rings. The molecule has 1 aliphatic heterocycles. The van der Waals surface area contributed by atoms with Crippen LogP contribution >= 0.6 is 0 Å². The van der Waals surface area contributed by atoms with Crippen molar-refractivity contribution in [2.24, 2.45) is 5.73 Å². The van der Waals surface area contributed by atoms with E-state index in [1.54, 1.807) is 25.1 Å². The zero-order chi connectivity index (χ0) is 15.4. The number of ether oxygens (including phenoxy) is 1. The molecule has 1 aliphatic rings. The second-order valence-corrected chi connectivity index (χ2v) is 5.38. The summed E-state index contributed by atoms with van der Waals surface area (Å²) in [6, 6.07) is 5.30. The Kier molecular flexibility index (Phi) is 4.80. The fraction of sp³-hybridized carbons (Fsp3) is 0.467. The smallest absolute Gasteiger partial charge is 0.265 e. The van der Waals surface area contributed by atoms with Crippen LogP contribution in [0.25, 0.3) is 0 Å². The molecule has 6 heteroatoms. The molecule has 4 N–H and O–H groups in total. The van der Waals surface area contributed by atoms with Gasteiger partial charge in [0.1, 0.15) is 5.75 Å². The van der Waals surface area contributed by atoms with E-state index >= 15 is 0 Å². The molecule has 0 spiro atoms. The Bertz CT molecular complexity index is 543. The first-order valence-corrected chi connectivity index (χ1v) is 7.12. The van der Waals surface area contributed by atoms with Crippen molar-refractivity contribution in [3.63, 3.8) is 0 Å². The van der Waals surface area contributed by atoms with E-state index in [1.165, 1.54) is 0 Å². The Balaban J connectivity index is 1.94. The van der Waals surface area contributed by atoms with Crippen molar-refractivity contribution in [1.82, 2.24) is 0 Å². The number of hydrogen-bond donors (Lipinski definition) is 3. The second kappa shape index (κ2) is 6.58. The Morgan fingerprint density at radius 2 is 2.29 bits per heavy atom. The molecule has 1 aromatic rings. The standard InChI is InChI=1S/C15H21N3O3/c1-9(16)4-3-5-14(19)17-11-6-7-13-12(8-11)18-15(20)10(2)21-13/h6-10H,3-5,16H2,1-2H3,(H,17,19)(H,18,20). The van der Waals surface area contributed by atoms with Gasteiger partial charge in [0.25, 0.3) is 5.91 Å². The molecule has 0 aliphatic carbocycles. The van der Waals surface area contributed by atoms with Gasteiger partial charge in [0, 0.05) is 18.2 Å². The monoisotopic (exact) mass is 291 g/mol. The zero-order valence-electron chi connectivity index (χ0n) is 12.3. The van der Waals surface area contributed by atoms with Gasteiger partial charge < -0.3 is 21.1 Å². The summed E-state index contributed by atoms with van der Waals surface area (Å²) in [5.41, 5.74) is 6.86. The summed E-state index contributed by atoms with van der Waals surface area (Å²) in [7, 11) is 0. The van der Waals surface area contributed by atoms with Crippen LogP contribution in [0.5, 0.6) is 5.75 Å². The summed E-state index contributed by atoms with van der Waals surface area (Å²) in [6.07, 6.45) is 1.50. The molecule has 2 amide bonds. The van der Waals surface area contributed by atoms with Crippen molar-refractivity contribution < 1.29 is 14.3 Å². The zero-order valence-corrected chi connectivity index (χ0v) is 12.3. The molecule has 2 atom stereocenters. The maximum atomic E-state index is 11.8. The van der Waals surface area contributed by atoms with Gasteiger partial charge in [-0.3, -0.25) is 9.59 Å². The van der Waals surface area contributed by atoms with Crippen molar-refractivity contribution in [2.45, 2.75) is 45.3 Å². The SMILES string of the molecule is CC(N)CCCC(=O)Nc1ccc2c(c1)NC(=O)C(C)O2. The van der Waals surface area contributed by atoms with Crippen LogP contribution in [0.4, 0.5) is 11.4 Å². The van der Waals surface area contributed by atoms with E-state index in [1.807, 2.05) is 6.92 Å². The number of benzene rings is 1. The number of amides is 2. The summed E-state index contributed by atoms with van der Waals surface area (Å²) >= 11 is 0. The molecule has 0 radical (unpaired) electrons. The van der Waals surface area contributed by atoms with Gasteiger partial charge in [-0.25, -0.2) is 0 Å². The first-order valence-electron chi connectivity index (χ1n) is 7.12. The number of nitrogens with one attached hydrogen (secondary N) is 2. The number of carbonyl (C=O) groups excluding carboxylic acids is 2. The normalized spacial score (nSPS) is 18.2. The summed E-state index contributed by atoms with van der Waals surface area (Å²) in [6.45, 7) is 3.61. The van der Waals surface area contributed by atoms with Gasteiger partial charge >= 0.3 is 0 Å². The molecule has 6 nitrogen and oxygen atoms in total. The number of hydrogen-bond acceptors (Lipinski definition) is 4. The number of anilines is 2. The third-order valence-electron chi connectivity index (χ3n) is 3.26. The minimum Gasteiger partial charge on any atom is -0.479 e. The highest BCUT2D eigenvalue weighted by Crippen LogP contribution is 2.32. The fourth-order valence-electron chi connectivity index (χ4n) is 2.09. The van der Waals surface area contributed by atoms with Crippen LogP contribution in [-0.4, -0.2) is 24.0 Å². The fourth-order valence-corrected chi connectivity index (χ4v) is 2.09. The lowest BCUT2D eigenvalue weighted by molar-refractivity contribution is -0.122. The van der Waals surface area contributed by atoms with Gasteiger partial charge in [-0.05, 0) is 44.9 Å². The van der Waals surface area contributed by atoms with E-state index in [0.717, 1.165) is 12.8 Å². The van der Waals surface area contributed by atoms with Gasteiger partial charge in [-0.2, -0.15) is 0 Å². The van der Waals surface area contributed by atoms with E-state index in [4.69, 9.17) is 10.5 Å². The van der Waals surface area contributed by atoms with Crippen LogP contribution in [-0.2, 0) is 9.59 Å². The Morgan fingerprint density at radius 1 is 1.52 bits per heavy atom. The van der Waals surface area contributed by atoms with Gasteiger partial charge in [-0.1, -0.05) is 0 Å². The minimum absolute atomic E-state index is 0.0629. The Morgan fingerprint density at radius 3 is 3.00 bits per heavy atom. The van der Waals surface area contributed by atoms with Crippen LogP contribution in [0.2, 0.25) is 0 Å². The topological polar surface area (TPSA) is 93.5 Å². The molecule has 1 heterocycles. The molecule has 21 heavy (non-hydrogen) atoms. The number of fused-ring (bicyclic) bond motifs is 1. The van der Waals surface area contributed by atoms with Crippen LogP contribution < -0.4 is 21.1 Å². The molecular formula is C15H21N3O3. The average molecular weight is 291 g/mol. The van der Waals surface area contributed by atoms with E-state index in [-0.39, 0.29) is 17.9 Å². The maximum Gasteiger partial charge on any atom is 0.265 e. The van der Waals surface area contributed by atoms with Crippen LogP contribution in [0.1, 0.15) is 33.1 Å². The van der Waals surface area contributed by atoms with Gasteiger partial charge in [0.05, 0.1) is 5.69 Å². The van der Waals surface area contributed by atoms with E-state index in [0.29, 0.717) is 23.5 Å². The minimum atomic E-state index is -0.504. The molecule has 2 unspecified atom stereocenters.